The molecule has 0 aliphatic carbocycles. The Hall–Kier alpha value is -2.80. The number of amides is 1. The van der Waals surface area contributed by atoms with Gasteiger partial charge in [0.05, 0.1) is 5.69 Å². The van der Waals surface area contributed by atoms with E-state index in [2.05, 4.69) is 15.0 Å². The number of carbonyl (C=O) groups excluding carboxylic acids is 1. The molecule has 0 saturated heterocycles. The molecule has 0 bridgehead atoms. The molecule has 2 aromatic heterocycles. The maximum Gasteiger partial charge on any atom is 0.255 e. The molecule has 122 valence electrons. The molecule has 0 atom stereocenters. The zero-order chi connectivity index (χ0) is 16.8. The van der Waals surface area contributed by atoms with Crippen molar-refractivity contribution >= 4 is 17.2 Å². The van der Waals surface area contributed by atoms with Crippen molar-refractivity contribution in [3.63, 3.8) is 0 Å². The predicted octanol–water partition coefficient (Wildman–Crippen LogP) is 2.25. The summed E-state index contributed by atoms with van der Waals surface area (Å²) in [7, 11) is 0. The van der Waals surface area contributed by atoms with Gasteiger partial charge in [0.25, 0.3) is 5.91 Å². The summed E-state index contributed by atoms with van der Waals surface area (Å²) in [5.74, 6) is 0.806. The minimum Gasteiger partial charge on any atom is -0.484 e. The van der Waals surface area contributed by atoms with Crippen LogP contribution in [-0.4, -0.2) is 27.5 Å². The zero-order valence-electron chi connectivity index (χ0n) is 12.9. The van der Waals surface area contributed by atoms with E-state index in [-0.39, 0.29) is 6.61 Å². The number of aryl methyl sites for hydroxylation is 2. The summed E-state index contributed by atoms with van der Waals surface area (Å²) in [6.07, 6.45) is 5.14. The Morgan fingerprint density at radius 1 is 1.12 bits per heavy atom. The lowest BCUT2D eigenvalue weighted by atomic mass is 10.1. The molecule has 0 aliphatic rings. The molecule has 1 amide bonds. The van der Waals surface area contributed by atoms with E-state index < -0.39 is 5.91 Å². The third kappa shape index (κ3) is 4.36. The van der Waals surface area contributed by atoms with Gasteiger partial charge in [-0.25, -0.2) is 15.0 Å². The molecule has 0 saturated carbocycles. The normalized spacial score (nSPS) is 10.5. The van der Waals surface area contributed by atoms with Gasteiger partial charge in [-0.3, -0.25) is 4.79 Å². The van der Waals surface area contributed by atoms with Crippen molar-refractivity contribution in [2.45, 2.75) is 12.8 Å². The van der Waals surface area contributed by atoms with Crippen LogP contribution >= 0.6 is 11.3 Å². The molecule has 3 aromatic rings. The van der Waals surface area contributed by atoms with Crippen LogP contribution in [0, 0.1) is 0 Å². The van der Waals surface area contributed by atoms with Crippen LogP contribution in [0.15, 0.2) is 48.1 Å². The van der Waals surface area contributed by atoms with Crippen LogP contribution in [0.5, 0.6) is 5.75 Å². The third-order valence-corrected chi connectivity index (χ3v) is 4.17. The molecule has 0 aliphatic heterocycles. The molecule has 7 heteroatoms. The van der Waals surface area contributed by atoms with Crippen molar-refractivity contribution < 1.29 is 9.53 Å². The van der Waals surface area contributed by atoms with Gasteiger partial charge in [0.15, 0.2) is 17.4 Å². The third-order valence-electron chi connectivity index (χ3n) is 3.28. The van der Waals surface area contributed by atoms with E-state index in [0.29, 0.717) is 11.6 Å². The Morgan fingerprint density at radius 3 is 2.58 bits per heavy atom. The van der Waals surface area contributed by atoms with Crippen LogP contribution in [0.3, 0.4) is 0 Å². The fourth-order valence-corrected chi connectivity index (χ4v) is 2.91. The van der Waals surface area contributed by atoms with E-state index in [9.17, 15) is 4.79 Å². The van der Waals surface area contributed by atoms with Crippen molar-refractivity contribution in [2.75, 3.05) is 6.61 Å². The lowest BCUT2D eigenvalue weighted by molar-refractivity contribution is -0.119. The number of carbonyl (C=O) groups is 1. The Bertz CT molecular complexity index is 803. The lowest BCUT2D eigenvalue weighted by Crippen LogP contribution is -2.19. The van der Waals surface area contributed by atoms with E-state index in [0.717, 1.165) is 23.5 Å². The van der Waals surface area contributed by atoms with Crippen molar-refractivity contribution in [3.05, 3.63) is 59.4 Å². The van der Waals surface area contributed by atoms with Crippen molar-refractivity contribution in [1.82, 2.24) is 15.0 Å². The maximum atomic E-state index is 10.7. The second-order valence-corrected chi connectivity index (χ2v) is 5.97. The Kier molecular flexibility index (Phi) is 5.12. The largest absolute Gasteiger partial charge is 0.484 e. The summed E-state index contributed by atoms with van der Waals surface area (Å²) in [6.45, 7) is -0.109. The minimum atomic E-state index is -0.485. The summed E-state index contributed by atoms with van der Waals surface area (Å²) in [5.41, 5.74) is 7.25. The molecule has 2 heterocycles. The van der Waals surface area contributed by atoms with Gasteiger partial charge in [0.1, 0.15) is 5.75 Å². The van der Waals surface area contributed by atoms with E-state index >= 15 is 0 Å². The number of ether oxygens (including phenoxy) is 1. The van der Waals surface area contributed by atoms with Crippen LogP contribution in [0.25, 0.3) is 10.8 Å². The standard InChI is InChI=1S/C17H16N4O2S/c18-15(22)10-23-14-6-3-12(4-7-14)2-5-13-11-24-17(21-13)16-19-8-1-9-20-16/h1,3-4,6-9,11H,2,5,10H2,(H2,18,22). The second-order valence-electron chi connectivity index (χ2n) is 5.12. The number of primary amides is 1. The number of thiazole rings is 1. The van der Waals surface area contributed by atoms with Crippen LogP contribution in [0.4, 0.5) is 0 Å². The number of nitrogens with two attached hydrogens (primary N) is 1. The first-order valence-corrected chi connectivity index (χ1v) is 8.30. The number of hydrogen-bond acceptors (Lipinski definition) is 6. The van der Waals surface area contributed by atoms with Gasteiger partial charge in [0.2, 0.25) is 0 Å². The van der Waals surface area contributed by atoms with Gasteiger partial charge in [0, 0.05) is 17.8 Å². The Labute approximate surface area is 143 Å². The van der Waals surface area contributed by atoms with Gasteiger partial charge in [-0.2, -0.15) is 0 Å². The Balaban J connectivity index is 1.56. The van der Waals surface area contributed by atoms with Crippen molar-refractivity contribution in [3.8, 4) is 16.6 Å². The molecule has 6 nitrogen and oxygen atoms in total. The summed E-state index contributed by atoms with van der Waals surface area (Å²) in [6, 6.07) is 9.41. The number of nitrogens with zero attached hydrogens (tertiary/aromatic N) is 3. The van der Waals surface area contributed by atoms with Crippen LogP contribution in [-0.2, 0) is 17.6 Å². The summed E-state index contributed by atoms with van der Waals surface area (Å²) >= 11 is 1.55. The maximum absolute atomic E-state index is 10.7. The first kappa shape index (κ1) is 16.1. The lowest BCUT2D eigenvalue weighted by Gasteiger charge is -2.05. The van der Waals surface area contributed by atoms with Crippen molar-refractivity contribution in [2.24, 2.45) is 5.73 Å². The molecule has 0 radical (unpaired) electrons. The molecule has 0 fully saturated rings. The highest BCUT2D eigenvalue weighted by atomic mass is 32.1. The minimum absolute atomic E-state index is 0.109. The van der Waals surface area contributed by atoms with E-state index in [1.165, 1.54) is 5.56 Å². The topological polar surface area (TPSA) is 91.0 Å². The van der Waals surface area contributed by atoms with Gasteiger partial charge >= 0.3 is 0 Å². The summed E-state index contributed by atoms with van der Waals surface area (Å²) < 4.78 is 5.24. The highest BCUT2D eigenvalue weighted by molar-refractivity contribution is 7.13. The van der Waals surface area contributed by atoms with Crippen LogP contribution in [0.1, 0.15) is 11.3 Å². The monoisotopic (exact) mass is 340 g/mol. The first-order chi connectivity index (χ1) is 11.7. The van der Waals surface area contributed by atoms with Crippen LogP contribution < -0.4 is 10.5 Å². The molecule has 2 N–H and O–H groups in total. The average molecular weight is 340 g/mol. The molecule has 24 heavy (non-hydrogen) atoms. The SMILES string of the molecule is NC(=O)COc1ccc(CCc2csc(-c3ncccn3)n2)cc1. The van der Waals surface area contributed by atoms with E-state index in [1.807, 2.05) is 29.6 Å². The molecule has 1 aromatic carbocycles. The molecule has 3 rings (SSSR count). The van der Waals surface area contributed by atoms with Gasteiger partial charge in [-0.15, -0.1) is 11.3 Å². The molecular weight excluding hydrogens is 324 g/mol. The number of aromatic nitrogens is 3. The molecule has 0 spiro atoms. The summed E-state index contributed by atoms with van der Waals surface area (Å²) in [5, 5.41) is 2.87. The quantitative estimate of drug-likeness (QED) is 0.712. The van der Waals surface area contributed by atoms with Gasteiger partial charge < -0.3 is 10.5 Å². The first-order valence-electron chi connectivity index (χ1n) is 7.42. The number of hydrogen-bond donors (Lipinski definition) is 1. The Morgan fingerprint density at radius 2 is 1.88 bits per heavy atom. The second kappa shape index (κ2) is 7.65. The summed E-state index contributed by atoms with van der Waals surface area (Å²) in [4.78, 5) is 23.7. The number of rotatable bonds is 7. The zero-order valence-corrected chi connectivity index (χ0v) is 13.7. The van der Waals surface area contributed by atoms with Crippen LogP contribution in [0.2, 0.25) is 0 Å². The van der Waals surface area contributed by atoms with Crippen molar-refractivity contribution in [1.29, 1.82) is 0 Å². The molecular formula is C17H16N4O2S. The highest BCUT2D eigenvalue weighted by Crippen LogP contribution is 2.21. The van der Waals surface area contributed by atoms with E-state index in [1.54, 1.807) is 29.8 Å². The fraction of sp³-hybridized carbons (Fsp3) is 0.176. The smallest absolute Gasteiger partial charge is 0.255 e. The van der Waals surface area contributed by atoms with E-state index in [4.69, 9.17) is 10.5 Å². The number of benzene rings is 1. The highest BCUT2D eigenvalue weighted by Gasteiger charge is 2.07. The average Bonchev–Trinajstić information content (AvgIpc) is 3.09. The fourth-order valence-electron chi connectivity index (χ4n) is 2.11. The van der Waals surface area contributed by atoms with Gasteiger partial charge in [-0.1, -0.05) is 12.1 Å². The van der Waals surface area contributed by atoms with Gasteiger partial charge in [-0.05, 0) is 36.6 Å². The predicted molar refractivity (Wildman–Crippen MR) is 91.7 cm³/mol. The molecule has 0 unspecified atom stereocenters.